The standard InChI is InChI=1S/C13H11F9O/c1-2-3-7-4-8(6-9(23)5-7)10(11(14,15)16,12(17,18)19)13(20,21)22/h4-6,23H,2-3H2,1H3. The van der Waals surface area contributed by atoms with Crippen LogP contribution in [-0.2, 0) is 11.8 Å². The van der Waals surface area contributed by atoms with Crippen LogP contribution in [0.3, 0.4) is 0 Å². The average Bonchev–Trinajstić information content (AvgIpc) is 2.22. The molecule has 0 saturated carbocycles. The van der Waals surface area contributed by atoms with Crippen molar-refractivity contribution in [2.45, 2.75) is 43.7 Å². The summed E-state index contributed by atoms with van der Waals surface area (Å²) in [6, 6.07) is 0.839. The third kappa shape index (κ3) is 3.20. The molecular weight excluding hydrogens is 343 g/mol. The van der Waals surface area contributed by atoms with Gasteiger partial charge in [0.15, 0.2) is 0 Å². The minimum absolute atomic E-state index is 0.0922. The van der Waals surface area contributed by atoms with E-state index < -0.39 is 35.3 Å². The summed E-state index contributed by atoms with van der Waals surface area (Å²) in [5, 5.41) is 9.28. The van der Waals surface area contributed by atoms with Gasteiger partial charge in [-0.25, -0.2) is 0 Å². The predicted molar refractivity (Wildman–Crippen MR) is 61.9 cm³/mol. The third-order valence-electron chi connectivity index (χ3n) is 3.22. The first kappa shape index (κ1) is 19.4. The van der Waals surface area contributed by atoms with E-state index in [2.05, 4.69) is 0 Å². The number of aromatic hydroxyl groups is 1. The second-order valence-corrected chi connectivity index (χ2v) is 4.88. The molecule has 0 amide bonds. The van der Waals surface area contributed by atoms with Crippen LogP contribution >= 0.6 is 0 Å². The molecule has 23 heavy (non-hydrogen) atoms. The highest BCUT2D eigenvalue weighted by Crippen LogP contribution is 2.60. The van der Waals surface area contributed by atoms with Crippen molar-refractivity contribution in [3.05, 3.63) is 29.3 Å². The number of hydrogen-bond acceptors (Lipinski definition) is 1. The van der Waals surface area contributed by atoms with Crippen molar-refractivity contribution in [3.63, 3.8) is 0 Å². The molecule has 0 unspecified atom stereocenters. The van der Waals surface area contributed by atoms with E-state index in [0.29, 0.717) is 0 Å². The fourth-order valence-corrected chi connectivity index (χ4v) is 2.30. The third-order valence-corrected chi connectivity index (χ3v) is 3.22. The molecule has 1 aromatic rings. The minimum atomic E-state index is -6.69. The largest absolute Gasteiger partial charge is 0.508 e. The Kier molecular flexibility index (Phi) is 4.89. The van der Waals surface area contributed by atoms with Crippen LogP contribution in [0, 0.1) is 0 Å². The zero-order valence-corrected chi connectivity index (χ0v) is 11.5. The smallest absolute Gasteiger partial charge is 0.416 e. The maximum Gasteiger partial charge on any atom is 0.416 e. The molecule has 0 saturated heterocycles. The molecule has 0 aromatic heterocycles. The summed E-state index contributed by atoms with van der Waals surface area (Å²) < 4.78 is 117. The molecule has 0 fully saturated rings. The summed E-state index contributed by atoms with van der Waals surface area (Å²) in [4.78, 5) is 0. The Balaban J connectivity index is 3.86. The molecule has 0 bridgehead atoms. The Morgan fingerprint density at radius 1 is 0.783 bits per heavy atom. The van der Waals surface area contributed by atoms with Crippen molar-refractivity contribution < 1.29 is 44.6 Å². The van der Waals surface area contributed by atoms with Crippen LogP contribution in [0.15, 0.2) is 18.2 Å². The van der Waals surface area contributed by atoms with Gasteiger partial charge in [-0.05, 0) is 29.7 Å². The highest BCUT2D eigenvalue weighted by atomic mass is 19.4. The van der Waals surface area contributed by atoms with E-state index in [4.69, 9.17) is 0 Å². The Bertz CT molecular complexity index is 518. The molecule has 0 spiro atoms. The van der Waals surface area contributed by atoms with Crippen molar-refractivity contribution in [1.29, 1.82) is 0 Å². The van der Waals surface area contributed by atoms with E-state index in [-0.39, 0.29) is 30.5 Å². The number of rotatable bonds is 3. The predicted octanol–water partition coefficient (Wildman–Crippen LogP) is 5.27. The monoisotopic (exact) mass is 354 g/mol. The molecule has 0 radical (unpaired) electrons. The number of phenolic OH excluding ortho intramolecular Hbond substituents is 1. The zero-order chi connectivity index (χ0) is 18.3. The van der Waals surface area contributed by atoms with Gasteiger partial charge in [0.1, 0.15) is 5.75 Å². The first-order chi connectivity index (χ1) is 10.2. The summed E-state index contributed by atoms with van der Waals surface area (Å²) in [5.41, 5.74) is -8.44. The molecule has 1 N–H and O–H groups in total. The molecule has 1 aromatic carbocycles. The second-order valence-electron chi connectivity index (χ2n) is 4.88. The lowest BCUT2D eigenvalue weighted by Crippen LogP contribution is -2.63. The number of aryl methyl sites for hydroxylation is 1. The van der Waals surface area contributed by atoms with Gasteiger partial charge < -0.3 is 5.11 Å². The maximum atomic E-state index is 13.0. The van der Waals surface area contributed by atoms with E-state index in [1.807, 2.05) is 0 Å². The fourth-order valence-electron chi connectivity index (χ4n) is 2.30. The van der Waals surface area contributed by atoms with Gasteiger partial charge in [-0.15, -0.1) is 0 Å². The van der Waals surface area contributed by atoms with Crippen LogP contribution in [0.4, 0.5) is 39.5 Å². The SMILES string of the molecule is CCCc1cc(O)cc(C(C(F)(F)F)(C(F)(F)F)C(F)(F)F)c1. The van der Waals surface area contributed by atoms with Crippen molar-refractivity contribution >= 4 is 0 Å². The summed E-state index contributed by atoms with van der Waals surface area (Å²) >= 11 is 0. The van der Waals surface area contributed by atoms with E-state index in [1.165, 1.54) is 6.92 Å². The normalized spacial score (nSPS) is 14.2. The zero-order valence-electron chi connectivity index (χ0n) is 11.5. The van der Waals surface area contributed by atoms with E-state index in [1.54, 1.807) is 0 Å². The van der Waals surface area contributed by atoms with Crippen molar-refractivity contribution in [2.75, 3.05) is 0 Å². The molecule has 1 nitrogen and oxygen atoms in total. The average molecular weight is 354 g/mol. The lowest BCUT2D eigenvalue weighted by atomic mass is 9.77. The van der Waals surface area contributed by atoms with Crippen LogP contribution < -0.4 is 0 Å². The van der Waals surface area contributed by atoms with Gasteiger partial charge >= 0.3 is 18.5 Å². The molecule has 0 atom stereocenters. The Labute approximate surface area is 124 Å². The van der Waals surface area contributed by atoms with Gasteiger partial charge in [0.05, 0.1) is 0 Å². The fraction of sp³-hybridized carbons (Fsp3) is 0.538. The Morgan fingerprint density at radius 2 is 1.22 bits per heavy atom. The van der Waals surface area contributed by atoms with Crippen molar-refractivity contribution in [2.24, 2.45) is 0 Å². The number of halogens is 9. The van der Waals surface area contributed by atoms with Gasteiger partial charge in [-0.3, -0.25) is 0 Å². The molecule has 0 heterocycles. The number of alkyl halides is 9. The Morgan fingerprint density at radius 3 is 1.57 bits per heavy atom. The summed E-state index contributed by atoms with van der Waals surface area (Å²) in [6.45, 7) is 1.52. The van der Waals surface area contributed by atoms with Gasteiger partial charge in [0.2, 0.25) is 0 Å². The summed E-state index contributed by atoms with van der Waals surface area (Å²) in [7, 11) is 0. The van der Waals surface area contributed by atoms with Crippen LogP contribution in [0.5, 0.6) is 5.75 Å². The molecule has 0 aliphatic carbocycles. The summed E-state index contributed by atoms with van der Waals surface area (Å²) in [5.74, 6) is -1.10. The van der Waals surface area contributed by atoms with Crippen LogP contribution in [0.25, 0.3) is 0 Å². The molecule has 0 aliphatic heterocycles. The quantitative estimate of drug-likeness (QED) is 0.734. The van der Waals surface area contributed by atoms with Crippen LogP contribution in [-0.4, -0.2) is 23.6 Å². The molecule has 0 aliphatic rings. The van der Waals surface area contributed by atoms with Crippen LogP contribution in [0.1, 0.15) is 24.5 Å². The molecule has 1 rings (SSSR count). The molecule has 10 heteroatoms. The van der Waals surface area contributed by atoms with Gasteiger partial charge in [-0.1, -0.05) is 19.4 Å². The van der Waals surface area contributed by atoms with E-state index in [9.17, 15) is 44.6 Å². The number of phenols is 1. The first-order valence-corrected chi connectivity index (χ1v) is 6.22. The minimum Gasteiger partial charge on any atom is -0.508 e. The molecular formula is C13H11F9O. The lowest BCUT2D eigenvalue weighted by molar-refractivity contribution is -0.387. The van der Waals surface area contributed by atoms with Gasteiger partial charge in [0.25, 0.3) is 5.41 Å². The Hall–Kier alpha value is -1.61. The molecule has 132 valence electrons. The first-order valence-electron chi connectivity index (χ1n) is 6.22. The number of benzene rings is 1. The van der Waals surface area contributed by atoms with E-state index >= 15 is 0 Å². The highest BCUT2D eigenvalue weighted by molar-refractivity contribution is 5.41. The van der Waals surface area contributed by atoms with Gasteiger partial charge in [-0.2, -0.15) is 39.5 Å². The van der Waals surface area contributed by atoms with Crippen molar-refractivity contribution in [3.8, 4) is 5.75 Å². The number of hydrogen-bond donors (Lipinski definition) is 1. The van der Waals surface area contributed by atoms with Gasteiger partial charge in [0, 0.05) is 0 Å². The van der Waals surface area contributed by atoms with E-state index in [0.717, 1.165) is 6.07 Å². The highest BCUT2D eigenvalue weighted by Gasteiger charge is 2.84. The van der Waals surface area contributed by atoms with Crippen LogP contribution in [0.2, 0.25) is 0 Å². The maximum absolute atomic E-state index is 13.0. The summed E-state index contributed by atoms with van der Waals surface area (Å²) in [6.07, 6.45) is -19.9. The lowest BCUT2D eigenvalue weighted by Gasteiger charge is -2.39. The second kappa shape index (κ2) is 5.79. The topological polar surface area (TPSA) is 20.2 Å². The van der Waals surface area contributed by atoms with Crippen molar-refractivity contribution in [1.82, 2.24) is 0 Å².